The van der Waals surface area contributed by atoms with E-state index in [1.54, 1.807) is 12.1 Å². The van der Waals surface area contributed by atoms with E-state index in [0.29, 0.717) is 11.3 Å². The van der Waals surface area contributed by atoms with Gasteiger partial charge in [-0.05, 0) is 39.7 Å². The first-order chi connectivity index (χ1) is 9.58. The summed E-state index contributed by atoms with van der Waals surface area (Å²) in [6.45, 7) is 0. The second-order valence-electron chi connectivity index (χ2n) is 4.15. The SMILES string of the molecule is O=C(CSc1ccccc1Br)Cc1cccc(Cl)c1F. The van der Waals surface area contributed by atoms with Gasteiger partial charge in [-0.25, -0.2) is 4.39 Å². The molecule has 0 unspecified atom stereocenters. The molecule has 0 N–H and O–H groups in total. The van der Waals surface area contributed by atoms with E-state index in [9.17, 15) is 9.18 Å². The number of carbonyl (C=O) groups excluding carboxylic acids is 1. The fourth-order valence-electron chi connectivity index (χ4n) is 1.67. The molecule has 0 fully saturated rings. The van der Waals surface area contributed by atoms with Crippen LogP contribution >= 0.6 is 39.3 Å². The van der Waals surface area contributed by atoms with Crippen LogP contribution in [0.5, 0.6) is 0 Å². The minimum atomic E-state index is -0.506. The molecule has 2 aromatic carbocycles. The third-order valence-corrected chi connectivity index (χ3v) is 5.02. The van der Waals surface area contributed by atoms with Crippen LogP contribution in [-0.4, -0.2) is 11.5 Å². The van der Waals surface area contributed by atoms with E-state index in [0.717, 1.165) is 9.37 Å². The largest absolute Gasteiger partial charge is 0.298 e. The Kier molecular flexibility index (Phi) is 5.64. The molecule has 2 rings (SSSR count). The lowest BCUT2D eigenvalue weighted by atomic mass is 10.1. The minimum absolute atomic E-state index is 0.0353. The van der Waals surface area contributed by atoms with Crippen molar-refractivity contribution in [2.45, 2.75) is 11.3 Å². The first-order valence-corrected chi connectivity index (χ1v) is 8.05. The third-order valence-electron chi connectivity index (χ3n) is 2.64. The van der Waals surface area contributed by atoms with Crippen LogP contribution in [0.25, 0.3) is 0 Å². The zero-order chi connectivity index (χ0) is 14.5. The smallest absolute Gasteiger partial charge is 0.147 e. The molecule has 1 nitrogen and oxygen atoms in total. The van der Waals surface area contributed by atoms with Crippen LogP contribution in [0.1, 0.15) is 5.56 Å². The average Bonchev–Trinajstić information content (AvgIpc) is 2.43. The van der Waals surface area contributed by atoms with Gasteiger partial charge in [-0.1, -0.05) is 35.9 Å². The number of hydrogen-bond acceptors (Lipinski definition) is 2. The van der Waals surface area contributed by atoms with Gasteiger partial charge in [-0.2, -0.15) is 0 Å². The van der Waals surface area contributed by atoms with E-state index in [1.807, 2.05) is 24.3 Å². The van der Waals surface area contributed by atoms with E-state index in [2.05, 4.69) is 15.9 Å². The summed E-state index contributed by atoms with van der Waals surface area (Å²) in [5.74, 6) is -0.241. The van der Waals surface area contributed by atoms with E-state index in [-0.39, 0.29) is 17.2 Å². The molecular formula is C15H11BrClFOS. The van der Waals surface area contributed by atoms with Gasteiger partial charge in [0.25, 0.3) is 0 Å². The number of Topliss-reactive ketones (excluding diaryl/α,β-unsaturated/α-hetero) is 1. The van der Waals surface area contributed by atoms with Crippen molar-refractivity contribution in [3.63, 3.8) is 0 Å². The molecule has 0 atom stereocenters. The molecule has 104 valence electrons. The Labute approximate surface area is 134 Å². The summed E-state index contributed by atoms with van der Waals surface area (Å²) >= 11 is 10.6. The summed E-state index contributed by atoms with van der Waals surface area (Å²) in [5, 5.41) is 0.0498. The topological polar surface area (TPSA) is 17.1 Å². The van der Waals surface area contributed by atoms with E-state index >= 15 is 0 Å². The normalized spacial score (nSPS) is 10.6. The zero-order valence-electron chi connectivity index (χ0n) is 10.4. The van der Waals surface area contributed by atoms with Crippen LogP contribution in [0.2, 0.25) is 5.02 Å². The molecule has 0 bridgehead atoms. The van der Waals surface area contributed by atoms with Gasteiger partial charge in [-0.3, -0.25) is 4.79 Å². The number of thioether (sulfide) groups is 1. The van der Waals surface area contributed by atoms with Crippen LogP contribution in [0, 0.1) is 5.82 Å². The molecule has 5 heteroatoms. The van der Waals surface area contributed by atoms with Crippen molar-refractivity contribution in [1.29, 1.82) is 0 Å². The molecule has 0 aliphatic rings. The summed E-state index contributed by atoms with van der Waals surface area (Å²) < 4.78 is 14.6. The second kappa shape index (κ2) is 7.25. The third kappa shape index (κ3) is 4.08. The van der Waals surface area contributed by atoms with Crippen molar-refractivity contribution < 1.29 is 9.18 Å². The maximum absolute atomic E-state index is 13.7. The van der Waals surface area contributed by atoms with Crippen LogP contribution < -0.4 is 0 Å². The number of rotatable bonds is 5. The summed E-state index contributed by atoms with van der Waals surface area (Å²) in [6, 6.07) is 12.4. The highest BCUT2D eigenvalue weighted by molar-refractivity contribution is 9.10. The van der Waals surface area contributed by atoms with Crippen LogP contribution in [0.4, 0.5) is 4.39 Å². The maximum atomic E-state index is 13.7. The lowest BCUT2D eigenvalue weighted by Gasteiger charge is -2.05. The Bertz CT molecular complexity index is 633. The van der Waals surface area contributed by atoms with Gasteiger partial charge in [0.05, 0.1) is 10.8 Å². The molecule has 0 amide bonds. The minimum Gasteiger partial charge on any atom is -0.298 e. The molecule has 0 aliphatic carbocycles. The van der Waals surface area contributed by atoms with Crippen molar-refractivity contribution in [3.8, 4) is 0 Å². The molecule has 2 aromatic rings. The lowest BCUT2D eigenvalue weighted by Crippen LogP contribution is -2.07. The van der Waals surface area contributed by atoms with E-state index < -0.39 is 5.82 Å². The van der Waals surface area contributed by atoms with Crippen LogP contribution in [0.3, 0.4) is 0 Å². The predicted octanol–water partition coefficient (Wildman–Crippen LogP) is 5.15. The number of halogens is 3. The first-order valence-electron chi connectivity index (χ1n) is 5.90. The van der Waals surface area contributed by atoms with Crippen LogP contribution in [-0.2, 0) is 11.2 Å². The Balaban J connectivity index is 1.96. The van der Waals surface area contributed by atoms with Gasteiger partial charge in [-0.15, -0.1) is 11.8 Å². The number of carbonyl (C=O) groups is 1. The molecule has 0 aromatic heterocycles. The number of ketones is 1. The highest BCUT2D eigenvalue weighted by Crippen LogP contribution is 2.27. The Hall–Kier alpha value is -0.840. The quantitative estimate of drug-likeness (QED) is 0.675. The fourth-order valence-corrected chi connectivity index (χ4v) is 3.29. The highest BCUT2D eigenvalue weighted by atomic mass is 79.9. The molecule has 0 saturated carbocycles. The number of benzene rings is 2. The summed E-state index contributed by atoms with van der Waals surface area (Å²) in [5.41, 5.74) is 0.343. The summed E-state index contributed by atoms with van der Waals surface area (Å²) in [4.78, 5) is 12.9. The molecule has 0 aliphatic heterocycles. The van der Waals surface area contributed by atoms with Crippen molar-refractivity contribution >= 4 is 45.1 Å². The molecular weight excluding hydrogens is 363 g/mol. The Morgan fingerprint density at radius 3 is 2.70 bits per heavy atom. The Morgan fingerprint density at radius 1 is 1.20 bits per heavy atom. The van der Waals surface area contributed by atoms with Crippen LogP contribution in [0.15, 0.2) is 51.8 Å². The van der Waals surface area contributed by atoms with Gasteiger partial charge in [0.2, 0.25) is 0 Å². The highest BCUT2D eigenvalue weighted by Gasteiger charge is 2.11. The van der Waals surface area contributed by atoms with E-state index in [1.165, 1.54) is 17.8 Å². The predicted molar refractivity (Wildman–Crippen MR) is 85.0 cm³/mol. The maximum Gasteiger partial charge on any atom is 0.147 e. The average molecular weight is 374 g/mol. The van der Waals surface area contributed by atoms with Gasteiger partial charge in [0, 0.05) is 15.8 Å². The van der Waals surface area contributed by atoms with Crippen molar-refractivity contribution in [2.75, 3.05) is 5.75 Å². The standard InChI is InChI=1S/C15H11BrClFOS/c16-12-5-1-2-7-14(12)20-9-11(19)8-10-4-3-6-13(17)15(10)18/h1-7H,8-9H2. The molecule has 20 heavy (non-hydrogen) atoms. The monoisotopic (exact) mass is 372 g/mol. The fraction of sp³-hybridized carbons (Fsp3) is 0.133. The summed E-state index contributed by atoms with van der Waals surface area (Å²) in [7, 11) is 0. The van der Waals surface area contributed by atoms with Crippen molar-refractivity contribution in [1.82, 2.24) is 0 Å². The second-order valence-corrected chi connectivity index (χ2v) is 6.43. The molecule has 0 heterocycles. The van der Waals surface area contributed by atoms with E-state index in [4.69, 9.17) is 11.6 Å². The van der Waals surface area contributed by atoms with Gasteiger partial charge in [0.1, 0.15) is 11.6 Å². The van der Waals surface area contributed by atoms with Gasteiger partial charge in [0.15, 0.2) is 0 Å². The molecule has 0 spiro atoms. The summed E-state index contributed by atoms with van der Waals surface area (Å²) in [6.07, 6.45) is 0.0594. The lowest BCUT2D eigenvalue weighted by molar-refractivity contribution is -0.116. The zero-order valence-corrected chi connectivity index (χ0v) is 13.6. The molecule has 0 saturated heterocycles. The number of hydrogen-bond donors (Lipinski definition) is 0. The molecule has 0 radical (unpaired) electrons. The first kappa shape index (κ1) is 15.5. The van der Waals surface area contributed by atoms with Gasteiger partial charge < -0.3 is 0 Å². The Morgan fingerprint density at radius 2 is 1.95 bits per heavy atom. The van der Waals surface area contributed by atoms with Gasteiger partial charge >= 0.3 is 0 Å². The van der Waals surface area contributed by atoms with Crippen molar-refractivity contribution in [3.05, 3.63) is 63.3 Å². The van der Waals surface area contributed by atoms with Crippen molar-refractivity contribution in [2.24, 2.45) is 0 Å².